The van der Waals surface area contributed by atoms with Crippen molar-refractivity contribution in [2.24, 2.45) is 5.92 Å². The average molecular weight is 202 g/mol. The van der Waals surface area contributed by atoms with Gasteiger partial charge in [-0.05, 0) is 30.5 Å². The molecule has 2 saturated carbocycles. The summed E-state index contributed by atoms with van der Waals surface area (Å²) in [5, 5.41) is 0. The number of fused-ring (bicyclic) bond motifs is 1. The molecule has 0 spiro atoms. The van der Waals surface area contributed by atoms with Gasteiger partial charge in [-0.15, -0.1) is 0 Å². The van der Waals surface area contributed by atoms with Crippen LogP contribution in [0.2, 0.25) is 0 Å². The molecular weight excluding hydrogens is 188 g/mol. The Balaban J connectivity index is 1.97. The zero-order valence-electron chi connectivity index (χ0n) is 8.82. The van der Waals surface area contributed by atoms with Crippen LogP contribution >= 0.6 is 0 Å². The Hall–Kier alpha value is -1.31. The summed E-state index contributed by atoms with van der Waals surface area (Å²) in [4.78, 5) is 11.5. The van der Waals surface area contributed by atoms with E-state index in [0.29, 0.717) is 11.7 Å². The monoisotopic (exact) mass is 202 g/mol. The normalized spacial score (nSPS) is 32.6. The van der Waals surface area contributed by atoms with E-state index < -0.39 is 0 Å². The third-order valence-corrected chi connectivity index (χ3v) is 3.93. The molecule has 3 rings (SSSR count). The summed E-state index contributed by atoms with van der Waals surface area (Å²) in [6.07, 6.45) is 2.85. The average Bonchev–Trinajstić information content (AvgIpc) is 2.95. The molecule has 0 aromatic heterocycles. The SMILES string of the molecule is COc1cccc([C@]23CCC(=O)[C@H]2C3)c1. The van der Waals surface area contributed by atoms with Gasteiger partial charge in [0.2, 0.25) is 0 Å². The third kappa shape index (κ3) is 1.14. The molecule has 2 fully saturated rings. The number of rotatable bonds is 2. The van der Waals surface area contributed by atoms with E-state index in [-0.39, 0.29) is 5.41 Å². The molecule has 0 saturated heterocycles. The largest absolute Gasteiger partial charge is 0.497 e. The second-order valence-corrected chi connectivity index (χ2v) is 4.61. The number of ether oxygens (including phenoxy) is 1. The number of methoxy groups -OCH3 is 1. The van der Waals surface area contributed by atoms with Crippen molar-refractivity contribution >= 4 is 5.78 Å². The van der Waals surface area contributed by atoms with E-state index in [9.17, 15) is 4.79 Å². The van der Waals surface area contributed by atoms with Gasteiger partial charge in [-0.1, -0.05) is 12.1 Å². The van der Waals surface area contributed by atoms with Gasteiger partial charge in [0.1, 0.15) is 11.5 Å². The van der Waals surface area contributed by atoms with E-state index in [1.165, 1.54) is 5.56 Å². The first-order valence-electron chi connectivity index (χ1n) is 5.43. The topological polar surface area (TPSA) is 26.3 Å². The molecule has 0 heterocycles. The predicted molar refractivity (Wildman–Crippen MR) is 57.0 cm³/mol. The Labute approximate surface area is 89.2 Å². The molecule has 1 aromatic carbocycles. The molecule has 2 heteroatoms. The van der Waals surface area contributed by atoms with Crippen LogP contribution in [0.5, 0.6) is 5.75 Å². The van der Waals surface area contributed by atoms with E-state index >= 15 is 0 Å². The summed E-state index contributed by atoms with van der Waals surface area (Å²) >= 11 is 0. The molecule has 0 aliphatic heterocycles. The Morgan fingerprint density at radius 1 is 1.47 bits per heavy atom. The molecule has 2 aliphatic carbocycles. The first-order valence-corrected chi connectivity index (χ1v) is 5.43. The number of carbonyl (C=O) groups is 1. The minimum atomic E-state index is 0.186. The van der Waals surface area contributed by atoms with E-state index in [4.69, 9.17) is 4.74 Å². The molecule has 0 radical (unpaired) electrons. The lowest BCUT2D eigenvalue weighted by Crippen LogP contribution is -2.05. The third-order valence-electron chi connectivity index (χ3n) is 3.93. The van der Waals surface area contributed by atoms with Gasteiger partial charge in [0.05, 0.1) is 7.11 Å². The highest BCUT2D eigenvalue weighted by molar-refractivity contribution is 5.89. The van der Waals surface area contributed by atoms with Gasteiger partial charge in [-0.25, -0.2) is 0 Å². The number of ketones is 1. The molecule has 0 N–H and O–H groups in total. The van der Waals surface area contributed by atoms with Gasteiger partial charge >= 0.3 is 0 Å². The molecule has 0 bridgehead atoms. The molecular formula is C13H14O2. The van der Waals surface area contributed by atoms with Crippen LogP contribution in [0.25, 0.3) is 0 Å². The maximum atomic E-state index is 11.5. The van der Waals surface area contributed by atoms with Crippen LogP contribution in [0, 0.1) is 5.92 Å². The van der Waals surface area contributed by atoms with Crippen molar-refractivity contribution in [3.05, 3.63) is 29.8 Å². The van der Waals surface area contributed by atoms with Gasteiger partial charge in [0, 0.05) is 17.8 Å². The summed E-state index contributed by atoms with van der Waals surface area (Å²) in [6, 6.07) is 8.18. The smallest absolute Gasteiger partial charge is 0.136 e. The van der Waals surface area contributed by atoms with Crippen molar-refractivity contribution in [2.45, 2.75) is 24.7 Å². The Morgan fingerprint density at radius 2 is 2.33 bits per heavy atom. The lowest BCUT2D eigenvalue weighted by Gasteiger charge is -2.12. The zero-order chi connectivity index (χ0) is 10.5. The second kappa shape index (κ2) is 2.84. The maximum Gasteiger partial charge on any atom is 0.136 e. The standard InChI is InChI=1S/C13H14O2/c1-15-10-4-2-3-9(7-10)13-6-5-12(14)11(13)8-13/h2-4,7,11H,5-6,8H2,1H3/t11-,13-/m1/s1. The summed E-state index contributed by atoms with van der Waals surface area (Å²) in [5.74, 6) is 1.66. The fourth-order valence-electron chi connectivity index (χ4n) is 2.92. The first-order chi connectivity index (χ1) is 7.26. The summed E-state index contributed by atoms with van der Waals surface area (Å²) < 4.78 is 5.22. The van der Waals surface area contributed by atoms with Crippen molar-refractivity contribution in [1.82, 2.24) is 0 Å². The van der Waals surface area contributed by atoms with E-state index in [2.05, 4.69) is 12.1 Å². The quantitative estimate of drug-likeness (QED) is 0.735. The van der Waals surface area contributed by atoms with Gasteiger partial charge < -0.3 is 4.74 Å². The molecule has 2 nitrogen and oxygen atoms in total. The van der Waals surface area contributed by atoms with Gasteiger partial charge in [0.25, 0.3) is 0 Å². The highest BCUT2D eigenvalue weighted by atomic mass is 16.5. The predicted octanol–water partition coefficient (Wildman–Crippen LogP) is 2.32. The summed E-state index contributed by atoms with van der Waals surface area (Å²) in [6.45, 7) is 0. The number of hydrogen-bond acceptors (Lipinski definition) is 2. The first kappa shape index (κ1) is 8.96. The Morgan fingerprint density at radius 3 is 2.93 bits per heavy atom. The number of carbonyl (C=O) groups excluding carboxylic acids is 1. The van der Waals surface area contributed by atoms with Crippen LogP contribution in [0.4, 0.5) is 0 Å². The van der Waals surface area contributed by atoms with Crippen LogP contribution in [0.3, 0.4) is 0 Å². The molecule has 1 aromatic rings. The van der Waals surface area contributed by atoms with E-state index in [1.54, 1.807) is 7.11 Å². The highest BCUT2D eigenvalue weighted by Crippen LogP contribution is 2.62. The zero-order valence-corrected chi connectivity index (χ0v) is 8.82. The van der Waals surface area contributed by atoms with Crippen molar-refractivity contribution in [3.8, 4) is 5.75 Å². The van der Waals surface area contributed by atoms with Crippen molar-refractivity contribution in [1.29, 1.82) is 0 Å². The lowest BCUT2D eigenvalue weighted by atomic mass is 9.93. The van der Waals surface area contributed by atoms with Crippen molar-refractivity contribution in [3.63, 3.8) is 0 Å². The van der Waals surface area contributed by atoms with Crippen LogP contribution in [0.1, 0.15) is 24.8 Å². The Bertz CT molecular complexity index is 424. The minimum absolute atomic E-state index is 0.186. The minimum Gasteiger partial charge on any atom is -0.497 e. The lowest BCUT2D eigenvalue weighted by molar-refractivity contribution is -0.119. The molecule has 78 valence electrons. The number of benzene rings is 1. The van der Waals surface area contributed by atoms with Gasteiger partial charge in [-0.2, -0.15) is 0 Å². The van der Waals surface area contributed by atoms with E-state index in [0.717, 1.165) is 25.0 Å². The maximum absolute atomic E-state index is 11.5. The van der Waals surface area contributed by atoms with Crippen LogP contribution in [0.15, 0.2) is 24.3 Å². The van der Waals surface area contributed by atoms with Crippen LogP contribution in [-0.4, -0.2) is 12.9 Å². The molecule has 15 heavy (non-hydrogen) atoms. The van der Waals surface area contributed by atoms with Gasteiger partial charge in [-0.3, -0.25) is 4.79 Å². The van der Waals surface area contributed by atoms with Crippen molar-refractivity contribution < 1.29 is 9.53 Å². The highest BCUT2D eigenvalue weighted by Gasteiger charge is 2.62. The summed E-state index contributed by atoms with van der Waals surface area (Å²) in [7, 11) is 1.68. The number of Topliss-reactive ketones (excluding diaryl/α,β-unsaturated/α-hetero) is 1. The molecule has 2 aliphatic rings. The summed E-state index contributed by atoms with van der Waals surface area (Å²) in [5.41, 5.74) is 1.48. The number of hydrogen-bond donors (Lipinski definition) is 0. The van der Waals surface area contributed by atoms with E-state index in [1.807, 2.05) is 12.1 Å². The second-order valence-electron chi connectivity index (χ2n) is 4.61. The molecule has 0 unspecified atom stereocenters. The fourth-order valence-corrected chi connectivity index (χ4v) is 2.92. The molecule has 0 amide bonds. The fraction of sp³-hybridized carbons (Fsp3) is 0.462. The van der Waals surface area contributed by atoms with Crippen LogP contribution in [-0.2, 0) is 10.2 Å². The van der Waals surface area contributed by atoms with Crippen LogP contribution < -0.4 is 4.74 Å². The van der Waals surface area contributed by atoms with Crippen molar-refractivity contribution in [2.75, 3.05) is 7.11 Å². The molecule has 2 atom stereocenters. The Kier molecular flexibility index (Phi) is 1.70. The van der Waals surface area contributed by atoms with Gasteiger partial charge in [0.15, 0.2) is 0 Å².